The quantitative estimate of drug-likeness (QED) is 0.795. The summed E-state index contributed by atoms with van der Waals surface area (Å²) in [6.07, 6.45) is 0.141. The van der Waals surface area contributed by atoms with Gasteiger partial charge in [-0.3, -0.25) is 4.79 Å². The van der Waals surface area contributed by atoms with Crippen molar-refractivity contribution in [2.24, 2.45) is 0 Å². The van der Waals surface area contributed by atoms with E-state index in [1.165, 1.54) is 0 Å². The van der Waals surface area contributed by atoms with E-state index in [1.807, 2.05) is 69.3 Å². The summed E-state index contributed by atoms with van der Waals surface area (Å²) in [4.78, 5) is 12.4. The van der Waals surface area contributed by atoms with Crippen LogP contribution < -0.4 is 5.32 Å². The van der Waals surface area contributed by atoms with Crippen LogP contribution in [0.4, 0.5) is 5.69 Å². The molecule has 4 heteroatoms. The molecule has 1 atom stereocenters. The van der Waals surface area contributed by atoms with Gasteiger partial charge < -0.3 is 15.2 Å². The highest BCUT2D eigenvalue weighted by Crippen LogP contribution is 2.26. The molecule has 0 saturated carbocycles. The number of carbonyl (C=O) groups excluding carboxylic acids is 1. The van der Waals surface area contributed by atoms with Gasteiger partial charge in [-0.15, -0.1) is 0 Å². The van der Waals surface area contributed by atoms with Crippen molar-refractivity contribution in [1.29, 1.82) is 0 Å². The smallest absolute Gasteiger partial charge is 0.227 e. The van der Waals surface area contributed by atoms with Crippen molar-refractivity contribution in [3.8, 4) is 0 Å². The largest absolute Gasteiger partial charge is 0.385 e. The summed E-state index contributed by atoms with van der Waals surface area (Å²) < 4.78 is 5.65. The number of carbonyl (C=O) groups is 1. The summed E-state index contributed by atoms with van der Waals surface area (Å²) in [7, 11) is 0. The van der Waals surface area contributed by atoms with Gasteiger partial charge in [0, 0.05) is 5.69 Å². The molecule has 25 heavy (non-hydrogen) atoms. The zero-order chi connectivity index (χ0) is 18.4. The Balaban J connectivity index is 2.06. The van der Waals surface area contributed by atoms with E-state index in [1.54, 1.807) is 6.92 Å². The van der Waals surface area contributed by atoms with Gasteiger partial charge in [-0.25, -0.2) is 0 Å². The molecule has 0 bridgehead atoms. The van der Waals surface area contributed by atoms with Crippen LogP contribution in [-0.2, 0) is 21.7 Å². The van der Waals surface area contributed by atoms with Gasteiger partial charge in [0.25, 0.3) is 0 Å². The molecule has 2 rings (SSSR count). The lowest BCUT2D eigenvalue weighted by Crippen LogP contribution is -2.28. The third-order valence-electron chi connectivity index (χ3n) is 4.19. The second kappa shape index (κ2) is 8.28. The second-order valence-corrected chi connectivity index (χ2v) is 6.81. The molecular weight excluding hydrogens is 314 g/mol. The number of benzene rings is 2. The maximum absolute atomic E-state index is 12.4. The number of ether oxygens (including phenoxy) is 1. The van der Waals surface area contributed by atoms with Crippen LogP contribution in [0, 0.1) is 6.92 Å². The summed E-state index contributed by atoms with van der Waals surface area (Å²) in [6, 6.07) is 15.0. The van der Waals surface area contributed by atoms with Crippen molar-refractivity contribution < 1.29 is 14.6 Å². The number of hydrogen-bond acceptors (Lipinski definition) is 3. The fourth-order valence-electron chi connectivity index (χ4n) is 2.64. The van der Waals surface area contributed by atoms with Gasteiger partial charge in [-0.2, -0.15) is 0 Å². The fourth-order valence-corrected chi connectivity index (χ4v) is 2.64. The maximum Gasteiger partial charge on any atom is 0.227 e. The third kappa shape index (κ3) is 5.41. The number of anilines is 1. The minimum atomic E-state index is -1.21. The highest BCUT2D eigenvalue weighted by Gasteiger charge is 2.26. The minimum Gasteiger partial charge on any atom is -0.385 e. The van der Waals surface area contributed by atoms with E-state index in [-0.39, 0.29) is 18.4 Å². The van der Waals surface area contributed by atoms with Crippen LogP contribution in [0.5, 0.6) is 0 Å². The number of aliphatic hydroxyl groups is 1. The molecule has 134 valence electrons. The van der Waals surface area contributed by atoms with Gasteiger partial charge in [0.05, 0.1) is 24.7 Å². The second-order valence-electron chi connectivity index (χ2n) is 6.81. The molecule has 0 aromatic heterocycles. The molecule has 0 fully saturated rings. The first kappa shape index (κ1) is 19.2. The Bertz CT molecular complexity index is 708. The molecule has 1 unspecified atom stereocenters. The Kier molecular flexibility index (Phi) is 6.34. The summed E-state index contributed by atoms with van der Waals surface area (Å²) in [5.74, 6) is -0.223. The van der Waals surface area contributed by atoms with E-state index in [0.717, 1.165) is 22.4 Å². The molecule has 0 saturated heterocycles. The molecule has 0 heterocycles. The van der Waals surface area contributed by atoms with E-state index >= 15 is 0 Å². The van der Waals surface area contributed by atoms with Crippen LogP contribution in [0.2, 0.25) is 0 Å². The normalized spacial score (nSPS) is 13.5. The van der Waals surface area contributed by atoms with Gasteiger partial charge in [0.15, 0.2) is 0 Å². The van der Waals surface area contributed by atoms with Gasteiger partial charge in [0.2, 0.25) is 5.91 Å². The SMILES string of the molecule is Cc1c(COC(C)C)cccc1NC(=O)CC(C)(O)c1ccccc1. The summed E-state index contributed by atoms with van der Waals surface area (Å²) >= 11 is 0. The van der Waals surface area contributed by atoms with Crippen LogP contribution in [-0.4, -0.2) is 17.1 Å². The Labute approximate surface area is 149 Å². The number of nitrogens with one attached hydrogen (secondary N) is 1. The highest BCUT2D eigenvalue weighted by atomic mass is 16.5. The third-order valence-corrected chi connectivity index (χ3v) is 4.19. The zero-order valence-corrected chi connectivity index (χ0v) is 15.4. The van der Waals surface area contributed by atoms with Crippen molar-refractivity contribution in [3.63, 3.8) is 0 Å². The van der Waals surface area contributed by atoms with Crippen LogP contribution in [0.1, 0.15) is 43.9 Å². The van der Waals surface area contributed by atoms with Crippen molar-refractivity contribution in [3.05, 3.63) is 65.2 Å². The van der Waals surface area contributed by atoms with E-state index in [4.69, 9.17) is 4.74 Å². The molecule has 0 radical (unpaired) electrons. The topological polar surface area (TPSA) is 58.6 Å². The molecule has 1 amide bonds. The van der Waals surface area contributed by atoms with Crippen LogP contribution in [0.3, 0.4) is 0 Å². The highest BCUT2D eigenvalue weighted by molar-refractivity contribution is 5.92. The van der Waals surface area contributed by atoms with Gasteiger partial charge in [-0.1, -0.05) is 42.5 Å². The number of rotatable bonds is 7. The lowest BCUT2D eigenvalue weighted by atomic mass is 9.92. The minimum absolute atomic E-state index is 0.0107. The lowest BCUT2D eigenvalue weighted by Gasteiger charge is -2.23. The average molecular weight is 341 g/mol. The monoisotopic (exact) mass is 341 g/mol. The van der Waals surface area contributed by atoms with Gasteiger partial charge in [0.1, 0.15) is 0 Å². The molecule has 0 aliphatic carbocycles. The molecule has 4 nitrogen and oxygen atoms in total. The predicted octanol–water partition coefficient (Wildman–Crippen LogP) is 4.16. The van der Waals surface area contributed by atoms with Crippen molar-refractivity contribution >= 4 is 11.6 Å². The molecule has 0 spiro atoms. The molecule has 0 aliphatic rings. The molecule has 0 aliphatic heterocycles. The van der Waals surface area contributed by atoms with Crippen LogP contribution in [0.15, 0.2) is 48.5 Å². The van der Waals surface area contributed by atoms with E-state index in [9.17, 15) is 9.90 Å². The summed E-state index contributed by atoms with van der Waals surface area (Å²) in [5.41, 5.74) is 2.29. The average Bonchev–Trinajstić information content (AvgIpc) is 2.56. The molecule has 2 aromatic carbocycles. The maximum atomic E-state index is 12.4. The van der Waals surface area contributed by atoms with E-state index in [0.29, 0.717) is 6.61 Å². The van der Waals surface area contributed by atoms with Crippen LogP contribution in [0.25, 0.3) is 0 Å². The molecule has 2 aromatic rings. The summed E-state index contributed by atoms with van der Waals surface area (Å²) in [5, 5.41) is 13.5. The number of hydrogen-bond donors (Lipinski definition) is 2. The fraction of sp³-hybridized carbons (Fsp3) is 0.381. The standard InChI is InChI=1S/C21H27NO3/c1-15(2)25-14-17-9-8-12-19(16(17)3)22-20(23)13-21(4,24)18-10-6-5-7-11-18/h5-12,15,24H,13-14H2,1-4H3,(H,22,23). The Morgan fingerprint density at radius 2 is 1.84 bits per heavy atom. The lowest BCUT2D eigenvalue weighted by molar-refractivity contribution is -0.120. The van der Waals surface area contributed by atoms with Gasteiger partial charge >= 0.3 is 0 Å². The first-order valence-electron chi connectivity index (χ1n) is 8.57. The first-order valence-corrected chi connectivity index (χ1v) is 8.57. The Hall–Kier alpha value is -2.17. The number of amides is 1. The van der Waals surface area contributed by atoms with Crippen molar-refractivity contribution in [2.75, 3.05) is 5.32 Å². The van der Waals surface area contributed by atoms with Gasteiger partial charge in [-0.05, 0) is 50.5 Å². The van der Waals surface area contributed by atoms with E-state index < -0.39 is 5.60 Å². The van der Waals surface area contributed by atoms with Crippen LogP contribution >= 0.6 is 0 Å². The zero-order valence-electron chi connectivity index (χ0n) is 15.4. The predicted molar refractivity (Wildman–Crippen MR) is 100 cm³/mol. The summed E-state index contributed by atoms with van der Waals surface area (Å²) in [6.45, 7) is 8.11. The molecular formula is C21H27NO3. The van der Waals surface area contributed by atoms with Crippen molar-refractivity contribution in [2.45, 2.75) is 52.4 Å². The Morgan fingerprint density at radius 3 is 2.48 bits per heavy atom. The van der Waals surface area contributed by atoms with Crippen molar-refractivity contribution in [1.82, 2.24) is 0 Å². The first-order chi connectivity index (χ1) is 11.8. The Morgan fingerprint density at radius 1 is 1.16 bits per heavy atom. The molecule has 2 N–H and O–H groups in total. The van der Waals surface area contributed by atoms with E-state index in [2.05, 4.69) is 5.32 Å².